The fourth-order valence-electron chi connectivity index (χ4n) is 1.70. The van der Waals surface area contributed by atoms with Crippen molar-refractivity contribution in [2.75, 3.05) is 7.11 Å². The van der Waals surface area contributed by atoms with E-state index in [9.17, 15) is 8.78 Å². The van der Waals surface area contributed by atoms with E-state index in [-0.39, 0.29) is 6.61 Å². The Morgan fingerprint density at radius 3 is 2.50 bits per heavy atom. The van der Waals surface area contributed by atoms with Crippen LogP contribution >= 0.6 is 15.9 Å². The lowest BCUT2D eigenvalue weighted by Gasteiger charge is -2.12. The second kappa shape index (κ2) is 6.70. The highest BCUT2D eigenvalue weighted by Gasteiger charge is 2.07. The highest BCUT2D eigenvalue weighted by atomic mass is 79.9. The number of rotatable bonds is 5. The maximum atomic E-state index is 13.1. The predicted molar refractivity (Wildman–Crippen MR) is 76.3 cm³/mol. The Morgan fingerprint density at radius 2 is 1.85 bits per heavy atom. The minimum absolute atomic E-state index is 0.157. The second-order valence-corrected chi connectivity index (χ2v) is 4.71. The van der Waals surface area contributed by atoms with Crippen LogP contribution in [0.5, 0.6) is 11.5 Å². The van der Waals surface area contributed by atoms with Crippen LogP contribution in [0, 0.1) is 11.6 Å². The molecule has 0 aliphatic rings. The van der Waals surface area contributed by atoms with Gasteiger partial charge in [-0.05, 0) is 23.8 Å². The summed E-state index contributed by atoms with van der Waals surface area (Å²) in [6.45, 7) is 0.157. The summed E-state index contributed by atoms with van der Waals surface area (Å²) in [5.41, 5.74) is 1.51. The monoisotopic (exact) mass is 342 g/mol. The van der Waals surface area contributed by atoms with E-state index in [1.165, 1.54) is 6.07 Å². The zero-order valence-electron chi connectivity index (χ0n) is 10.8. The van der Waals surface area contributed by atoms with Crippen molar-refractivity contribution >= 4 is 15.9 Å². The van der Waals surface area contributed by atoms with Gasteiger partial charge < -0.3 is 9.47 Å². The van der Waals surface area contributed by atoms with Crippen molar-refractivity contribution in [1.82, 2.24) is 0 Å². The summed E-state index contributed by atoms with van der Waals surface area (Å²) in [4.78, 5) is 0. The second-order valence-electron chi connectivity index (χ2n) is 4.14. The van der Waals surface area contributed by atoms with Crippen LogP contribution < -0.4 is 9.47 Å². The van der Waals surface area contributed by atoms with Gasteiger partial charge in [0.2, 0.25) is 0 Å². The molecule has 20 heavy (non-hydrogen) atoms. The van der Waals surface area contributed by atoms with Gasteiger partial charge in [-0.1, -0.05) is 28.1 Å². The third-order valence-corrected chi connectivity index (χ3v) is 3.40. The van der Waals surface area contributed by atoms with Crippen molar-refractivity contribution in [2.45, 2.75) is 11.9 Å². The van der Waals surface area contributed by atoms with Crippen molar-refractivity contribution in [3.05, 3.63) is 59.2 Å². The van der Waals surface area contributed by atoms with Crippen molar-refractivity contribution in [3.63, 3.8) is 0 Å². The van der Waals surface area contributed by atoms with Crippen molar-refractivity contribution in [3.8, 4) is 11.5 Å². The van der Waals surface area contributed by atoms with Crippen LogP contribution in [0.2, 0.25) is 0 Å². The largest absolute Gasteiger partial charge is 0.497 e. The van der Waals surface area contributed by atoms with Gasteiger partial charge in [0.25, 0.3) is 0 Å². The van der Waals surface area contributed by atoms with Crippen LogP contribution in [-0.2, 0) is 11.9 Å². The molecule has 106 valence electrons. The van der Waals surface area contributed by atoms with Gasteiger partial charge in [0.1, 0.15) is 18.1 Å². The number of halogens is 3. The summed E-state index contributed by atoms with van der Waals surface area (Å²) in [6, 6.07) is 9.19. The average molecular weight is 343 g/mol. The molecule has 0 saturated carbocycles. The number of benzene rings is 2. The molecule has 0 atom stereocenters. The summed E-state index contributed by atoms with van der Waals surface area (Å²) >= 11 is 3.37. The van der Waals surface area contributed by atoms with E-state index in [2.05, 4.69) is 15.9 Å². The molecule has 0 spiro atoms. The molecule has 0 aliphatic carbocycles. The Balaban J connectivity index is 2.15. The first kappa shape index (κ1) is 14.8. The van der Waals surface area contributed by atoms with E-state index in [0.29, 0.717) is 22.4 Å². The third kappa shape index (κ3) is 3.48. The van der Waals surface area contributed by atoms with E-state index in [1.807, 2.05) is 12.1 Å². The van der Waals surface area contributed by atoms with Gasteiger partial charge >= 0.3 is 0 Å². The average Bonchev–Trinajstić information content (AvgIpc) is 2.48. The van der Waals surface area contributed by atoms with Gasteiger partial charge in [0.15, 0.2) is 11.6 Å². The Kier molecular flexibility index (Phi) is 4.95. The number of hydrogen-bond acceptors (Lipinski definition) is 2. The van der Waals surface area contributed by atoms with E-state index in [4.69, 9.17) is 9.47 Å². The fourth-order valence-corrected chi connectivity index (χ4v) is 2.16. The summed E-state index contributed by atoms with van der Waals surface area (Å²) in [6.07, 6.45) is 0. The normalized spacial score (nSPS) is 10.4. The Labute approximate surface area is 124 Å². The van der Waals surface area contributed by atoms with Crippen molar-refractivity contribution in [2.24, 2.45) is 0 Å². The molecule has 0 amide bonds. The molecule has 0 N–H and O–H groups in total. The maximum absolute atomic E-state index is 13.1. The molecule has 0 unspecified atom stereocenters. The van der Waals surface area contributed by atoms with Gasteiger partial charge in [-0.25, -0.2) is 8.78 Å². The van der Waals surface area contributed by atoms with Crippen molar-refractivity contribution in [1.29, 1.82) is 0 Å². The van der Waals surface area contributed by atoms with Gasteiger partial charge in [0.05, 0.1) is 7.11 Å². The molecular formula is C15H13BrF2O2. The minimum atomic E-state index is -0.877. The molecule has 0 radical (unpaired) electrons. The molecule has 0 heterocycles. The van der Waals surface area contributed by atoms with E-state index in [1.54, 1.807) is 13.2 Å². The molecule has 0 aromatic heterocycles. The Bertz CT molecular complexity index is 602. The van der Waals surface area contributed by atoms with Gasteiger partial charge in [0, 0.05) is 17.0 Å². The molecule has 2 aromatic rings. The lowest BCUT2D eigenvalue weighted by Crippen LogP contribution is -1.99. The van der Waals surface area contributed by atoms with Crippen LogP contribution in [0.15, 0.2) is 36.4 Å². The molecule has 0 bridgehead atoms. The summed E-state index contributed by atoms with van der Waals surface area (Å²) in [7, 11) is 1.57. The molecule has 5 heteroatoms. The first-order valence-corrected chi connectivity index (χ1v) is 7.06. The van der Waals surface area contributed by atoms with Crippen LogP contribution in [0.25, 0.3) is 0 Å². The minimum Gasteiger partial charge on any atom is -0.497 e. The summed E-state index contributed by atoms with van der Waals surface area (Å²) in [5, 5.41) is 0.629. The number of ether oxygens (including phenoxy) is 2. The maximum Gasteiger partial charge on any atom is 0.159 e. The number of alkyl halides is 1. The number of hydrogen-bond donors (Lipinski definition) is 0. The van der Waals surface area contributed by atoms with E-state index >= 15 is 0 Å². The zero-order valence-corrected chi connectivity index (χ0v) is 12.4. The molecule has 0 fully saturated rings. The molecular weight excluding hydrogens is 330 g/mol. The summed E-state index contributed by atoms with van der Waals surface area (Å²) in [5.74, 6) is -0.422. The Hall–Kier alpha value is -1.62. The fraction of sp³-hybridized carbons (Fsp3) is 0.200. The lowest BCUT2D eigenvalue weighted by molar-refractivity contribution is 0.300. The van der Waals surface area contributed by atoms with Crippen LogP contribution in [-0.4, -0.2) is 7.11 Å². The standard InChI is InChI=1S/C15H13BrF2O2/c1-19-12-4-3-11(8-16)15(7-12)20-9-10-2-5-13(17)14(18)6-10/h2-7H,8-9H2,1H3. The van der Waals surface area contributed by atoms with Gasteiger partial charge in [-0.3, -0.25) is 0 Å². The Morgan fingerprint density at radius 1 is 1.05 bits per heavy atom. The first-order valence-electron chi connectivity index (χ1n) is 5.93. The number of methoxy groups -OCH3 is 1. The molecule has 0 saturated heterocycles. The van der Waals surface area contributed by atoms with Crippen LogP contribution in [0.1, 0.15) is 11.1 Å². The van der Waals surface area contributed by atoms with Crippen LogP contribution in [0.4, 0.5) is 8.78 Å². The van der Waals surface area contributed by atoms with Crippen molar-refractivity contribution < 1.29 is 18.3 Å². The first-order chi connectivity index (χ1) is 9.63. The SMILES string of the molecule is COc1ccc(CBr)c(OCc2ccc(F)c(F)c2)c1. The van der Waals surface area contributed by atoms with Gasteiger partial charge in [-0.2, -0.15) is 0 Å². The van der Waals surface area contributed by atoms with E-state index in [0.717, 1.165) is 17.7 Å². The van der Waals surface area contributed by atoms with E-state index < -0.39 is 11.6 Å². The molecule has 2 rings (SSSR count). The topological polar surface area (TPSA) is 18.5 Å². The third-order valence-electron chi connectivity index (χ3n) is 2.80. The quantitative estimate of drug-likeness (QED) is 0.747. The molecule has 2 nitrogen and oxygen atoms in total. The predicted octanol–water partition coefficient (Wildman–Crippen LogP) is 4.45. The molecule has 2 aromatic carbocycles. The highest BCUT2D eigenvalue weighted by Crippen LogP contribution is 2.27. The van der Waals surface area contributed by atoms with Crippen LogP contribution in [0.3, 0.4) is 0 Å². The lowest BCUT2D eigenvalue weighted by atomic mass is 10.2. The summed E-state index contributed by atoms with van der Waals surface area (Å²) < 4.78 is 36.7. The van der Waals surface area contributed by atoms with Gasteiger partial charge in [-0.15, -0.1) is 0 Å². The highest BCUT2D eigenvalue weighted by molar-refractivity contribution is 9.08. The zero-order chi connectivity index (χ0) is 14.5. The molecule has 0 aliphatic heterocycles. The smallest absolute Gasteiger partial charge is 0.159 e.